The molecule has 0 saturated carbocycles. The largest absolute Gasteiger partial charge is 0.371 e. The van der Waals surface area contributed by atoms with E-state index in [0.29, 0.717) is 19.5 Å². The fourth-order valence-electron chi connectivity index (χ4n) is 1.37. The summed E-state index contributed by atoms with van der Waals surface area (Å²) in [5, 5.41) is 0. The Morgan fingerprint density at radius 2 is 1.86 bits per heavy atom. The van der Waals surface area contributed by atoms with Gasteiger partial charge in [-0.15, -0.1) is 6.58 Å². The van der Waals surface area contributed by atoms with Gasteiger partial charge < -0.3 is 14.4 Å². The Morgan fingerprint density at radius 3 is 2.21 bits per heavy atom. The number of carbonyl (C=O) groups is 1. The zero-order valence-electron chi connectivity index (χ0n) is 8.15. The third-order valence-electron chi connectivity index (χ3n) is 2.32. The van der Waals surface area contributed by atoms with Gasteiger partial charge in [0, 0.05) is 19.5 Å². The molecule has 2 fully saturated rings. The van der Waals surface area contributed by atoms with Crippen LogP contribution in [-0.2, 0) is 14.3 Å². The highest BCUT2D eigenvalue weighted by Gasteiger charge is 2.32. The van der Waals surface area contributed by atoms with Crippen molar-refractivity contribution in [2.75, 3.05) is 26.3 Å². The van der Waals surface area contributed by atoms with E-state index in [1.54, 1.807) is 6.08 Å². The van der Waals surface area contributed by atoms with Crippen molar-refractivity contribution < 1.29 is 14.3 Å². The maximum absolute atomic E-state index is 11.6. The number of rotatable bonds is 6. The van der Waals surface area contributed by atoms with Gasteiger partial charge in [0.25, 0.3) is 0 Å². The number of nitrogens with zero attached hydrogens (tertiary/aromatic N) is 1. The summed E-state index contributed by atoms with van der Waals surface area (Å²) < 4.78 is 10.2. The lowest BCUT2D eigenvalue weighted by Gasteiger charge is -2.20. The quantitative estimate of drug-likeness (QED) is 0.451. The van der Waals surface area contributed by atoms with Crippen molar-refractivity contribution in [3.8, 4) is 0 Å². The second-order valence-corrected chi connectivity index (χ2v) is 3.70. The Morgan fingerprint density at radius 1 is 1.36 bits per heavy atom. The molecule has 2 rings (SSSR count). The molecule has 0 aromatic carbocycles. The van der Waals surface area contributed by atoms with E-state index < -0.39 is 0 Å². The number of hydrogen-bond donors (Lipinski definition) is 0. The predicted molar refractivity (Wildman–Crippen MR) is 50.9 cm³/mol. The number of hydrogen-bond acceptors (Lipinski definition) is 3. The summed E-state index contributed by atoms with van der Waals surface area (Å²) in [6.07, 6.45) is 2.54. The molecule has 0 N–H and O–H groups in total. The first-order chi connectivity index (χ1) is 6.79. The first-order valence-corrected chi connectivity index (χ1v) is 4.91. The lowest BCUT2D eigenvalue weighted by molar-refractivity contribution is -0.130. The highest BCUT2D eigenvalue weighted by molar-refractivity contribution is 5.77. The van der Waals surface area contributed by atoms with Crippen molar-refractivity contribution in [1.82, 2.24) is 4.90 Å². The molecule has 14 heavy (non-hydrogen) atoms. The molecule has 2 unspecified atom stereocenters. The van der Waals surface area contributed by atoms with Gasteiger partial charge in [-0.2, -0.15) is 0 Å². The summed E-state index contributed by atoms with van der Waals surface area (Å²) in [4.78, 5) is 13.4. The summed E-state index contributed by atoms with van der Waals surface area (Å²) in [7, 11) is 0. The van der Waals surface area contributed by atoms with Crippen molar-refractivity contribution in [2.45, 2.75) is 18.6 Å². The van der Waals surface area contributed by atoms with Gasteiger partial charge in [-0.05, 0) is 0 Å². The second-order valence-electron chi connectivity index (χ2n) is 3.70. The van der Waals surface area contributed by atoms with Gasteiger partial charge in [0.1, 0.15) is 0 Å². The highest BCUT2D eigenvalue weighted by Crippen LogP contribution is 2.16. The molecular weight excluding hydrogens is 182 g/mol. The van der Waals surface area contributed by atoms with Gasteiger partial charge in [-0.1, -0.05) is 6.08 Å². The van der Waals surface area contributed by atoms with Crippen LogP contribution >= 0.6 is 0 Å². The monoisotopic (exact) mass is 197 g/mol. The molecule has 1 amide bonds. The van der Waals surface area contributed by atoms with E-state index in [0.717, 1.165) is 13.2 Å². The van der Waals surface area contributed by atoms with E-state index >= 15 is 0 Å². The van der Waals surface area contributed by atoms with Crippen LogP contribution in [0.4, 0.5) is 0 Å². The van der Waals surface area contributed by atoms with Crippen LogP contribution in [0, 0.1) is 0 Å². The van der Waals surface area contributed by atoms with E-state index in [1.165, 1.54) is 0 Å². The molecule has 2 atom stereocenters. The minimum atomic E-state index is 0.117. The Balaban J connectivity index is 1.81. The second kappa shape index (κ2) is 4.11. The third-order valence-corrected chi connectivity index (χ3v) is 2.32. The van der Waals surface area contributed by atoms with Gasteiger partial charge in [-0.3, -0.25) is 4.79 Å². The topological polar surface area (TPSA) is 45.4 Å². The van der Waals surface area contributed by atoms with Crippen LogP contribution in [0.3, 0.4) is 0 Å². The maximum Gasteiger partial charge on any atom is 0.226 e. The Hall–Kier alpha value is -0.870. The summed E-state index contributed by atoms with van der Waals surface area (Å²) in [6, 6.07) is 0. The van der Waals surface area contributed by atoms with Gasteiger partial charge in [-0.25, -0.2) is 0 Å². The van der Waals surface area contributed by atoms with Crippen LogP contribution in [0.5, 0.6) is 0 Å². The third kappa shape index (κ3) is 2.82. The molecule has 0 aromatic rings. The smallest absolute Gasteiger partial charge is 0.226 e. The average molecular weight is 197 g/mol. The van der Waals surface area contributed by atoms with Gasteiger partial charge >= 0.3 is 0 Å². The summed E-state index contributed by atoms with van der Waals surface area (Å²) >= 11 is 0. The molecule has 4 heteroatoms. The van der Waals surface area contributed by atoms with E-state index in [-0.39, 0.29) is 18.1 Å². The Labute approximate surface area is 83.5 Å². The van der Waals surface area contributed by atoms with E-state index in [4.69, 9.17) is 9.47 Å². The molecule has 2 heterocycles. The predicted octanol–water partition coefficient (Wildman–Crippen LogP) is 0.189. The molecule has 4 nitrogen and oxygen atoms in total. The zero-order valence-corrected chi connectivity index (χ0v) is 8.15. The van der Waals surface area contributed by atoms with Crippen molar-refractivity contribution in [3.63, 3.8) is 0 Å². The normalized spacial score (nSPS) is 28.3. The van der Waals surface area contributed by atoms with Crippen LogP contribution < -0.4 is 0 Å². The molecule has 0 spiro atoms. The van der Waals surface area contributed by atoms with E-state index in [9.17, 15) is 4.79 Å². The molecule has 0 aliphatic carbocycles. The summed E-state index contributed by atoms with van der Waals surface area (Å²) in [5.41, 5.74) is 0. The number of ether oxygens (including phenoxy) is 2. The molecule has 2 saturated heterocycles. The van der Waals surface area contributed by atoms with Crippen LogP contribution in [0.25, 0.3) is 0 Å². The minimum Gasteiger partial charge on any atom is -0.371 e. The van der Waals surface area contributed by atoms with E-state index in [1.807, 2.05) is 4.90 Å². The zero-order chi connectivity index (χ0) is 9.97. The average Bonchev–Trinajstić information content (AvgIpc) is 2.97. The van der Waals surface area contributed by atoms with Crippen LogP contribution in [0.15, 0.2) is 12.7 Å². The highest BCUT2D eigenvalue weighted by atomic mass is 16.6. The van der Waals surface area contributed by atoms with Crippen LogP contribution in [0.1, 0.15) is 6.42 Å². The van der Waals surface area contributed by atoms with Crippen LogP contribution in [0.2, 0.25) is 0 Å². The maximum atomic E-state index is 11.6. The lowest BCUT2D eigenvalue weighted by Crippen LogP contribution is -2.36. The van der Waals surface area contributed by atoms with Crippen molar-refractivity contribution in [2.24, 2.45) is 0 Å². The molecular formula is C10H15NO3. The standard InChI is InChI=1S/C10H15NO3/c1-2-3-10(12)11(4-8-6-13-8)5-9-7-14-9/h2,8-9H,1,3-7H2. The van der Waals surface area contributed by atoms with Gasteiger partial charge in [0.15, 0.2) is 0 Å². The van der Waals surface area contributed by atoms with Crippen molar-refractivity contribution in [3.05, 3.63) is 12.7 Å². The Bertz CT molecular complexity index is 220. The fourth-order valence-corrected chi connectivity index (χ4v) is 1.37. The Kier molecular flexibility index (Phi) is 2.84. The molecule has 0 bridgehead atoms. The first kappa shape index (κ1) is 9.68. The molecule has 0 aromatic heterocycles. The molecule has 78 valence electrons. The van der Waals surface area contributed by atoms with E-state index in [2.05, 4.69) is 6.58 Å². The first-order valence-electron chi connectivity index (χ1n) is 4.91. The summed E-state index contributed by atoms with van der Waals surface area (Å²) in [5.74, 6) is 0.117. The molecule has 2 aliphatic rings. The lowest BCUT2D eigenvalue weighted by atomic mass is 10.3. The van der Waals surface area contributed by atoms with Gasteiger partial charge in [0.2, 0.25) is 5.91 Å². The molecule has 0 radical (unpaired) electrons. The summed E-state index contributed by atoms with van der Waals surface area (Å²) in [6.45, 7) is 6.53. The van der Waals surface area contributed by atoms with Crippen LogP contribution in [-0.4, -0.2) is 49.3 Å². The minimum absolute atomic E-state index is 0.117. The van der Waals surface area contributed by atoms with Crippen molar-refractivity contribution in [1.29, 1.82) is 0 Å². The number of amides is 1. The number of carbonyl (C=O) groups excluding carboxylic acids is 1. The fraction of sp³-hybridized carbons (Fsp3) is 0.700. The van der Waals surface area contributed by atoms with Gasteiger partial charge in [0.05, 0.1) is 25.4 Å². The SMILES string of the molecule is C=CCC(=O)N(CC1CO1)CC1CO1. The molecule has 2 aliphatic heterocycles. The number of epoxide rings is 2. The van der Waals surface area contributed by atoms with Crippen molar-refractivity contribution >= 4 is 5.91 Å².